The van der Waals surface area contributed by atoms with E-state index in [1.54, 1.807) is 18.4 Å². The van der Waals surface area contributed by atoms with Crippen molar-refractivity contribution >= 4 is 17.1 Å². The first-order valence-corrected chi connectivity index (χ1v) is 7.62. The number of hydrogen-bond acceptors (Lipinski definition) is 8. The maximum atomic E-state index is 12.0. The Labute approximate surface area is 136 Å². The highest BCUT2D eigenvalue weighted by Gasteiger charge is 2.64. The lowest BCUT2D eigenvalue weighted by Crippen LogP contribution is -2.42. The van der Waals surface area contributed by atoms with Crippen LogP contribution in [-0.4, -0.2) is 54.8 Å². The van der Waals surface area contributed by atoms with Gasteiger partial charge in [-0.3, -0.25) is 14.3 Å². The fourth-order valence-electron chi connectivity index (χ4n) is 3.64. The third kappa shape index (κ3) is 2.00. The molecule has 130 valence electrons. The molecule has 10 heteroatoms. The van der Waals surface area contributed by atoms with E-state index in [2.05, 4.69) is 15.0 Å². The van der Waals surface area contributed by atoms with E-state index in [1.165, 1.54) is 6.33 Å². The van der Waals surface area contributed by atoms with E-state index < -0.39 is 35.4 Å². The van der Waals surface area contributed by atoms with Gasteiger partial charge in [0.05, 0.1) is 12.9 Å². The first kappa shape index (κ1) is 15.5. The highest BCUT2D eigenvalue weighted by Crippen LogP contribution is 2.51. The van der Waals surface area contributed by atoms with Crippen molar-refractivity contribution in [2.45, 2.75) is 50.6 Å². The summed E-state index contributed by atoms with van der Waals surface area (Å²) < 4.78 is 19.5. The van der Waals surface area contributed by atoms with Crippen molar-refractivity contribution < 1.29 is 19.3 Å². The summed E-state index contributed by atoms with van der Waals surface area (Å²) in [7, 11) is 0. The van der Waals surface area contributed by atoms with Crippen molar-refractivity contribution in [1.82, 2.24) is 19.5 Å². The number of nitrogens with two attached hydrogens (primary N) is 1. The fraction of sp³-hybridized carbons (Fsp3) is 0.643. The minimum Gasteiger partial charge on any atom is -0.394 e. The quantitative estimate of drug-likeness (QED) is 0.667. The highest BCUT2D eigenvalue weighted by molar-refractivity contribution is 5.70. The van der Waals surface area contributed by atoms with Gasteiger partial charge in [-0.05, 0) is 20.8 Å². The van der Waals surface area contributed by atoms with Crippen LogP contribution in [0.4, 0.5) is 5.95 Å². The summed E-state index contributed by atoms with van der Waals surface area (Å²) in [4.78, 5) is 22.6. The molecule has 0 bridgehead atoms. The Balaban J connectivity index is 1.86. The van der Waals surface area contributed by atoms with Crippen LogP contribution in [0, 0.1) is 0 Å². The number of aliphatic hydroxyl groups is 1. The van der Waals surface area contributed by atoms with Gasteiger partial charge in [0, 0.05) is 0 Å². The molecule has 4 unspecified atom stereocenters. The number of aromatic amines is 1. The lowest BCUT2D eigenvalue weighted by Gasteiger charge is -2.30. The van der Waals surface area contributed by atoms with Gasteiger partial charge in [-0.25, -0.2) is 4.98 Å². The Kier molecular flexibility index (Phi) is 3.08. The van der Waals surface area contributed by atoms with Crippen LogP contribution < -0.4 is 11.3 Å². The molecule has 4 rings (SSSR count). The van der Waals surface area contributed by atoms with Gasteiger partial charge in [0.15, 0.2) is 23.2 Å². The molecule has 2 aromatic heterocycles. The molecule has 0 amide bonds. The maximum absolute atomic E-state index is 12.0. The number of ether oxygens (including phenoxy) is 3. The standard InChI is InChI=1S/C14H19N5O5/c1-13(2)23-8-6(4-20)22-11(14(8,3)24-13)19-5-16-7-9(19)17-12(15)18-10(7)21/h5-6,8,11,20H,4H2,1-3H3,(H3,15,17,18,21). The molecular formula is C14H19N5O5. The van der Waals surface area contributed by atoms with E-state index in [1.807, 2.05) is 6.92 Å². The molecule has 4 N–H and O–H groups in total. The number of anilines is 1. The van der Waals surface area contributed by atoms with Crippen molar-refractivity contribution in [1.29, 1.82) is 0 Å². The molecule has 4 heterocycles. The number of rotatable bonds is 2. The number of aromatic nitrogens is 4. The Hall–Kier alpha value is -2.01. The van der Waals surface area contributed by atoms with Crippen molar-refractivity contribution in [3.05, 3.63) is 16.7 Å². The fourth-order valence-corrected chi connectivity index (χ4v) is 3.64. The first-order chi connectivity index (χ1) is 11.2. The summed E-state index contributed by atoms with van der Waals surface area (Å²) in [5.74, 6) is -0.841. The SMILES string of the molecule is CC1(C)OC2C(CO)OC(n3cnc4c(=O)[nH]c(N)nc43)C2(C)O1. The lowest BCUT2D eigenvalue weighted by atomic mass is 9.96. The zero-order valence-corrected chi connectivity index (χ0v) is 13.5. The summed E-state index contributed by atoms with van der Waals surface area (Å²) in [6.45, 7) is 5.22. The molecular weight excluding hydrogens is 318 g/mol. The summed E-state index contributed by atoms with van der Waals surface area (Å²) >= 11 is 0. The van der Waals surface area contributed by atoms with Gasteiger partial charge in [-0.2, -0.15) is 4.98 Å². The molecule has 2 fully saturated rings. The molecule has 4 atom stereocenters. The molecule has 0 saturated carbocycles. The third-order valence-corrected chi connectivity index (χ3v) is 4.46. The molecule has 0 aliphatic carbocycles. The molecule has 2 aliphatic rings. The smallest absolute Gasteiger partial charge is 0.280 e. The topological polar surface area (TPSA) is 138 Å². The number of hydrogen-bond donors (Lipinski definition) is 3. The maximum Gasteiger partial charge on any atom is 0.280 e. The minimum absolute atomic E-state index is 0.0171. The average molecular weight is 337 g/mol. The van der Waals surface area contributed by atoms with E-state index in [9.17, 15) is 9.90 Å². The van der Waals surface area contributed by atoms with E-state index in [0.29, 0.717) is 0 Å². The van der Waals surface area contributed by atoms with E-state index in [0.717, 1.165) is 0 Å². The van der Waals surface area contributed by atoms with Gasteiger partial charge in [0.2, 0.25) is 5.95 Å². The Morgan fingerprint density at radius 3 is 2.92 bits per heavy atom. The van der Waals surface area contributed by atoms with Crippen LogP contribution in [0.3, 0.4) is 0 Å². The number of nitrogens with one attached hydrogen (secondary N) is 1. The van der Waals surface area contributed by atoms with E-state index in [-0.39, 0.29) is 23.7 Å². The van der Waals surface area contributed by atoms with Crippen LogP contribution in [0.1, 0.15) is 27.0 Å². The lowest BCUT2D eigenvalue weighted by molar-refractivity contribution is -0.217. The predicted octanol–water partition coefficient (Wildman–Crippen LogP) is -0.498. The Bertz CT molecular complexity index is 861. The van der Waals surface area contributed by atoms with E-state index >= 15 is 0 Å². The molecule has 2 aliphatic heterocycles. The monoisotopic (exact) mass is 337 g/mol. The summed E-state index contributed by atoms with van der Waals surface area (Å²) in [5, 5.41) is 9.64. The summed E-state index contributed by atoms with van der Waals surface area (Å²) in [5.41, 5.74) is 4.76. The minimum atomic E-state index is -0.885. The number of H-pyrrole nitrogens is 1. The third-order valence-electron chi connectivity index (χ3n) is 4.46. The zero-order valence-electron chi connectivity index (χ0n) is 13.5. The van der Waals surface area contributed by atoms with Gasteiger partial charge in [0.1, 0.15) is 17.8 Å². The van der Waals surface area contributed by atoms with Gasteiger partial charge in [-0.15, -0.1) is 0 Å². The van der Waals surface area contributed by atoms with Crippen molar-refractivity contribution in [3.63, 3.8) is 0 Å². The van der Waals surface area contributed by atoms with Crippen LogP contribution in [0.5, 0.6) is 0 Å². The van der Waals surface area contributed by atoms with Crippen LogP contribution in [0.2, 0.25) is 0 Å². The van der Waals surface area contributed by atoms with Crippen LogP contribution in [0.25, 0.3) is 11.2 Å². The van der Waals surface area contributed by atoms with Crippen LogP contribution in [0.15, 0.2) is 11.1 Å². The van der Waals surface area contributed by atoms with E-state index in [4.69, 9.17) is 19.9 Å². The van der Waals surface area contributed by atoms with Crippen molar-refractivity contribution in [3.8, 4) is 0 Å². The molecule has 0 aromatic carbocycles. The Morgan fingerprint density at radius 2 is 2.21 bits per heavy atom. The van der Waals surface area contributed by atoms with Gasteiger partial charge in [-0.1, -0.05) is 0 Å². The predicted molar refractivity (Wildman–Crippen MR) is 82.0 cm³/mol. The van der Waals surface area contributed by atoms with Gasteiger partial charge in [0.25, 0.3) is 5.56 Å². The number of imidazole rings is 1. The average Bonchev–Trinajstić information content (AvgIpc) is 3.06. The number of aliphatic hydroxyl groups excluding tert-OH is 1. The normalized spacial score (nSPS) is 34.8. The number of fused-ring (bicyclic) bond motifs is 2. The van der Waals surface area contributed by atoms with Crippen LogP contribution >= 0.6 is 0 Å². The molecule has 10 nitrogen and oxygen atoms in total. The molecule has 24 heavy (non-hydrogen) atoms. The second-order valence-electron chi connectivity index (χ2n) is 6.71. The second-order valence-corrected chi connectivity index (χ2v) is 6.71. The molecule has 0 radical (unpaired) electrons. The number of nitrogens with zero attached hydrogens (tertiary/aromatic N) is 3. The molecule has 0 spiro atoms. The van der Waals surface area contributed by atoms with Gasteiger partial charge < -0.3 is 25.1 Å². The largest absolute Gasteiger partial charge is 0.394 e. The van der Waals surface area contributed by atoms with Crippen molar-refractivity contribution in [2.75, 3.05) is 12.3 Å². The first-order valence-electron chi connectivity index (χ1n) is 7.62. The van der Waals surface area contributed by atoms with Crippen molar-refractivity contribution in [2.24, 2.45) is 0 Å². The summed E-state index contributed by atoms with van der Waals surface area (Å²) in [6.07, 6.45) is -0.272. The Morgan fingerprint density at radius 1 is 1.46 bits per heavy atom. The zero-order chi connectivity index (χ0) is 17.3. The van der Waals surface area contributed by atoms with Crippen LogP contribution in [-0.2, 0) is 14.2 Å². The van der Waals surface area contributed by atoms with Gasteiger partial charge >= 0.3 is 0 Å². The summed E-state index contributed by atoms with van der Waals surface area (Å²) in [6, 6.07) is 0. The molecule has 2 aromatic rings. The number of nitrogen functional groups attached to an aromatic ring is 1. The second kappa shape index (κ2) is 4.76. The molecule has 2 saturated heterocycles. The highest BCUT2D eigenvalue weighted by atomic mass is 16.8.